The molecule has 0 bridgehead atoms. The molecule has 0 spiro atoms. The number of amides is 1. The molecule has 1 aliphatic heterocycles. The lowest BCUT2D eigenvalue weighted by Crippen LogP contribution is -2.12. The summed E-state index contributed by atoms with van der Waals surface area (Å²) in [5.41, 5.74) is 1.64. The van der Waals surface area contributed by atoms with Gasteiger partial charge in [0.2, 0.25) is 0 Å². The van der Waals surface area contributed by atoms with Crippen molar-refractivity contribution >= 4 is 17.4 Å². The first kappa shape index (κ1) is 8.84. The molecule has 0 aliphatic carbocycles. The van der Waals surface area contributed by atoms with Crippen LogP contribution in [0, 0.1) is 0 Å². The van der Waals surface area contributed by atoms with Crippen molar-refractivity contribution in [3.8, 4) is 11.3 Å². The van der Waals surface area contributed by atoms with E-state index in [1.54, 1.807) is 24.4 Å². The third-order valence-corrected chi connectivity index (χ3v) is 2.44. The van der Waals surface area contributed by atoms with Gasteiger partial charge in [-0.25, -0.2) is 4.98 Å². The minimum absolute atomic E-state index is 0.374. The van der Waals surface area contributed by atoms with Crippen molar-refractivity contribution in [2.24, 2.45) is 0 Å². The lowest BCUT2D eigenvalue weighted by Gasteiger charge is -1.99. The van der Waals surface area contributed by atoms with Crippen molar-refractivity contribution in [1.82, 2.24) is 4.98 Å². The number of fused-ring (bicyclic) bond motifs is 1. The molecule has 0 atom stereocenters. The third kappa shape index (κ3) is 1.15. The molecule has 0 fully saturated rings. The van der Waals surface area contributed by atoms with Crippen LogP contribution in [0.25, 0.3) is 11.3 Å². The molecule has 2 aromatic rings. The van der Waals surface area contributed by atoms with Crippen LogP contribution in [0.15, 0.2) is 35.2 Å². The van der Waals surface area contributed by atoms with Crippen LogP contribution in [0.3, 0.4) is 0 Å². The van der Waals surface area contributed by atoms with Crippen LogP contribution in [-0.4, -0.2) is 16.7 Å². The van der Waals surface area contributed by atoms with Gasteiger partial charge in [0.05, 0.1) is 17.4 Å². The summed E-state index contributed by atoms with van der Waals surface area (Å²) < 4.78 is 5.11. The van der Waals surface area contributed by atoms with E-state index in [0.29, 0.717) is 17.0 Å². The minimum atomic E-state index is -0.593. The smallest absolute Gasteiger partial charge is 0.296 e. The van der Waals surface area contributed by atoms with Crippen LogP contribution in [0.1, 0.15) is 10.4 Å². The number of anilines is 1. The molecule has 78 valence electrons. The summed E-state index contributed by atoms with van der Waals surface area (Å²) in [4.78, 5) is 26.4. The van der Waals surface area contributed by atoms with Crippen molar-refractivity contribution in [1.29, 1.82) is 0 Å². The van der Waals surface area contributed by atoms with Gasteiger partial charge in [0.15, 0.2) is 12.2 Å². The van der Waals surface area contributed by atoms with Gasteiger partial charge >= 0.3 is 0 Å². The van der Waals surface area contributed by atoms with Crippen LogP contribution >= 0.6 is 0 Å². The number of nitrogens with one attached hydrogen (secondary N) is 1. The van der Waals surface area contributed by atoms with E-state index in [-0.39, 0.29) is 0 Å². The first-order valence-electron chi connectivity index (χ1n) is 4.64. The van der Waals surface area contributed by atoms with Crippen molar-refractivity contribution in [3.63, 3.8) is 0 Å². The predicted octanol–water partition coefficient (Wildman–Crippen LogP) is 1.48. The third-order valence-electron chi connectivity index (χ3n) is 2.44. The zero-order valence-electron chi connectivity index (χ0n) is 8.06. The highest BCUT2D eigenvalue weighted by Crippen LogP contribution is 2.28. The van der Waals surface area contributed by atoms with Crippen LogP contribution in [0.5, 0.6) is 0 Å². The summed E-state index contributed by atoms with van der Waals surface area (Å²) in [5, 5.41) is 2.48. The Morgan fingerprint density at radius 2 is 2.12 bits per heavy atom. The first-order chi connectivity index (χ1) is 7.75. The number of benzene rings is 1. The van der Waals surface area contributed by atoms with Gasteiger partial charge in [-0.2, -0.15) is 0 Å². The fourth-order valence-corrected chi connectivity index (χ4v) is 1.65. The number of hydrogen-bond donors (Lipinski definition) is 1. The van der Waals surface area contributed by atoms with Crippen molar-refractivity contribution in [3.05, 3.63) is 36.4 Å². The molecular formula is C11H6N2O3. The maximum Gasteiger partial charge on any atom is 0.296 e. The van der Waals surface area contributed by atoms with E-state index in [2.05, 4.69) is 10.3 Å². The Labute approximate surface area is 90.1 Å². The van der Waals surface area contributed by atoms with E-state index in [0.717, 1.165) is 5.56 Å². The first-order valence-corrected chi connectivity index (χ1v) is 4.64. The highest BCUT2D eigenvalue weighted by molar-refractivity contribution is 6.51. The molecule has 1 aliphatic rings. The van der Waals surface area contributed by atoms with E-state index in [1.165, 1.54) is 6.39 Å². The normalized spacial score (nSPS) is 13.8. The van der Waals surface area contributed by atoms with Crippen molar-refractivity contribution in [2.45, 2.75) is 0 Å². The Morgan fingerprint density at radius 3 is 2.88 bits per heavy atom. The van der Waals surface area contributed by atoms with Gasteiger partial charge in [0.25, 0.3) is 11.7 Å². The van der Waals surface area contributed by atoms with Crippen molar-refractivity contribution < 1.29 is 14.0 Å². The molecule has 5 heteroatoms. The summed E-state index contributed by atoms with van der Waals surface area (Å²) >= 11 is 0. The molecule has 1 aromatic carbocycles. The quantitative estimate of drug-likeness (QED) is 0.729. The molecule has 2 heterocycles. The van der Waals surface area contributed by atoms with Gasteiger partial charge in [0, 0.05) is 5.56 Å². The molecule has 0 unspecified atom stereocenters. The SMILES string of the molecule is O=C1Nc2ccc(-c3cnco3)cc2C1=O. The number of Topliss-reactive ketones (excluding diaryl/α,β-unsaturated/α-hetero) is 1. The maximum absolute atomic E-state index is 11.5. The number of rotatable bonds is 1. The zero-order valence-corrected chi connectivity index (χ0v) is 8.06. The summed E-state index contributed by atoms with van der Waals surface area (Å²) in [5.74, 6) is -0.545. The zero-order chi connectivity index (χ0) is 11.1. The number of nitrogens with zero attached hydrogens (tertiary/aromatic N) is 1. The fraction of sp³-hybridized carbons (Fsp3) is 0. The lowest BCUT2D eigenvalue weighted by atomic mass is 10.1. The summed E-state index contributed by atoms with van der Waals surface area (Å²) in [6, 6.07) is 5.06. The van der Waals surface area contributed by atoms with E-state index in [9.17, 15) is 9.59 Å². The number of carbonyl (C=O) groups is 2. The number of aromatic nitrogens is 1. The topological polar surface area (TPSA) is 72.2 Å². The van der Waals surface area contributed by atoms with Gasteiger partial charge in [-0.1, -0.05) is 0 Å². The Hall–Kier alpha value is -2.43. The average Bonchev–Trinajstić information content (AvgIpc) is 2.89. The summed E-state index contributed by atoms with van der Waals surface area (Å²) in [6.07, 6.45) is 2.87. The van der Waals surface area contributed by atoms with Crippen LogP contribution in [0.4, 0.5) is 5.69 Å². The number of carbonyl (C=O) groups excluding carboxylic acids is 2. The lowest BCUT2D eigenvalue weighted by molar-refractivity contribution is -0.112. The fourth-order valence-electron chi connectivity index (χ4n) is 1.65. The molecule has 1 amide bonds. The number of ketones is 1. The highest BCUT2D eigenvalue weighted by Gasteiger charge is 2.28. The largest absolute Gasteiger partial charge is 0.444 e. The Balaban J connectivity index is 2.14. The molecule has 0 saturated heterocycles. The Kier molecular flexibility index (Phi) is 1.67. The molecule has 5 nitrogen and oxygen atoms in total. The van der Waals surface area contributed by atoms with Gasteiger partial charge < -0.3 is 9.73 Å². The summed E-state index contributed by atoms with van der Waals surface area (Å²) in [7, 11) is 0. The maximum atomic E-state index is 11.5. The average molecular weight is 214 g/mol. The van der Waals surface area contributed by atoms with Gasteiger partial charge in [-0.05, 0) is 18.2 Å². The van der Waals surface area contributed by atoms with Gasteiger partial charge in [-0.3, -0.25) is 9.59 Å². The second-order valence-electron chi connectivity index (χ2n) is 3.41. The second-order valence-corrected chi connectivity index (χ2v) is 3.41. The molecular weight excluding hydrogens is 208 g/mol. The van der Waals surface area contributed by atoms with Crippen LogP contribution in [-0.2, 0) is 4.79 Å². The Morgan fingerprint density at radius 1 is 1.25 bits per heavy atom. The summed E-state index contributed by atoms with van der Waals surface area (Å²) in [6.45, 7) is 0. The van der Waals surface area contributed by atoms with Gasteiger partial charge in [-0.15, -0.1) is 0 Å². The second kappa shape index (κ2) is 3.03. The molecule has 1 aromatic heterocycles. The predicted molar refractivity (Wildman–Crippen MR) is 54.9 cm³/mol. The van der Waals surface area contributed by atoms with E-state index in [1.807, 2.05) is 0 Å². The monoisotopic (exact) mass is 214 g/mol. The Bertz CT molecular complexity index is 587. The van der Waals surface area contributed by atoms with Crippen LogP contribution in [0.2, 0.25) is 0 Å². The van der Waals surface area contributed by atoms with E-state index >= 15 is 0 Å². The van der Waals surface area contributed by atoms with E-state index in [4.69, 9.17) is 4.42 Å². The van der Waals surface area contributed by atoms with E-state index < -0.39 is 11.7 Å². The number of oxazole rings is 1. The molecule has 0 radical (unpaired) electrons. The number of hydrogen-bond acceptors (Lipinski definition) is 4. The minimum Gasteiger partial charge on any atom is -0.444 e. The standard InChI is InChI=1S/C11H6N2O3/c14-10-7-3-6(9-4-12-5-16-9)1-2-8(7)13-11(10)15/h1-5H,(H,13,14,15). The molecule has 16 heavy (non-hydrogen) atoms. The molecule has 1 N–H and O–H groups in total. The molecule has 0 saturated carbocycles. The highest BCUT2D eigenvalue weighted by atomic mass is 16.3. The van der Waals surface area contributed by atoms with Gasteiger partial charge in [0.1, 0.15) is 0 Å². The van der Waals surface area contributed by atoms with Crippen LogP contribution < -0.4 is 5.32 Å². The van der Waals surface area contributed by atoms with Crippen molar-refractivity contribution in [2.75, 3.05) is 5.32 Å². The molecule has 3 rings (SSSR count).